The molecule has 0 saturated heterocycles. The van der Waals surface area contributed by atoms with Crippen LogP contribution >= 0.6 is 11.5 Å². The van der Waals surface area contributed by atoms with Crippen LogP contribution < -0.4 is 11.1 Å². The molecule has 6 nitrogen and oxygen atoms in total. The lowest BCUT2D eigenvalue weighted by molar-refractivity contribution is 0.0528. The van der Waals surface area contributed by atoms with Crippen LogP contribution in [-0.4, -0.2) is 48.0 Å². The summed E-state index contributed by atoms with van der Waals surface area (Å²) in [4.78, 5) is 14.2. The topological polar surface area (TPSA) is 80.5 Å². The SMILES string of the molecule is CCOC(=O)c1c(N)nsc1NCC1(N(C)C)CCC1. The lowest BCUT2D eigenvalue weighted by Crippen LogP contribution is -2.54. The molecule has 1 aromatic heterocycles. The highest BCUT2D eigenvalue weighted by atomic mass is 32.1. The van der Waals surface area contributed by atoms with Crippen LogP contribution in [0.5, 0.6) is 0 Å². The van der Waals surface area contributed by atoms with E-state index in [1.54, 1.807) is 6.92 Å². The van der Waals surface area contributed by atoms with Gasteiger partial charge in [0, 0.05) is 12.1 Å². The van der Waals surface area contributed by atoms with Gasteiger partial charge in [0.25, 0.3) is 0 Å². The van der Waals surface area contributed by atoms with E-state index in [2.05, 4.69) is 28.7 Å². The number of nitrogens with one attached hydrogen (secondary N) is 1. The Morgan fingerprint density at radius 1 is 1.55 bits per heavy atom. The number of nitrogen functional groups attached to an aromatic ring is 1. The number of aromatic nitrogens is 1. The van der Waals surface area contributed by atoms with Crippen molar-refractivity contribution in [3.8, 4) is 0 Å². The molecule has 7 heteroatoms. The number of likely N-dealkylation sites (N-methyl/N-ethyl adjacent to an activating group) is 1. The van der Waals surface area contributed by atoms with E-state index in [0.717, 1.165) is 19.4 Å². The zero-order valence-electron chi connectivity index (χ0n) is 12.2. The number of esters is 1. The number of carbonyl (C=O) groups is 1. The summed E-state index contributed by atoms with van der Waals surface area (Å²) in [6, 6.07) is 0. The molecule has 112 valence electrons. The predicted octanol–water partition coefficient (Wildman–Crippen LogP) is 1.80. The first-order chi connectivity index (χ1) is 9.50. The first-order valence-electron chi connectivity index (χ1n) is 6.84. The highest BCUT2D eigenvalue weighted by molar-refractivity contribution is 7.11. The second-order valence-corrected chi connectivity index (χ2v) is 6.09. The van der Waals surface area contributed by atoms with E-state index in [-0.39, 0.29) is 11.4 Å². The number of hydrogen-bond acceptors (Lipinski definition) is 7. The Labute approximate surface area is 123 Å². The Morgan fingerprint density at radius 2 is 2.25 bits per heavy atom. The standard InChI is InChI=1S/C13H22N4O2S/c1-4-19-12(18)9-10(14)16-20-11(9)15-8-13(17(2)3)6-5-7-13/h15H,4-8H2,1-3H3,(H2,14,16). The average molecular weight is 298 g/mol. The maximum absolute atomic E-state index is 11.9. The first-order valence-corrected chi connectivity index (χ1v) is 7.61. The van der Waals surface area contributed by atoms with Crippen LogP contribution in [0.25, 0.3) is 0 Å². The summed E-state index contributed by atoms with van der Waals surface area (Å²) in [5.41, 5.74) is 6.30. The van der Waals surface area contributed by atoms with Crippen LogP contribution in [0.4, 0.5) is 10.8 Å². The number of rotatable bonds is 6. The van der Waals surface area contributed by atoms with Crippen molar-refractivity contribution in [1.82, 2.24) is 9.27 Å². The molecule has 0 amide bonds. The van der Waals surface area contributed by atoms with Crippen molar-refractivity contribution in [2.45, 2.75) is 31.7 Å². The lowest BCUT2D eigenvalue weighted by atomic mass is 9.75. The van der Waals surface area contributed by atoms with Gasteiger partial charge in [-0.3, -0.25) is 0 Å². The zero-order chi connectivity index (χ0) is 14.8. The minimum Gasteiger partial charge on any atom is -0.462 e. The van der Waals surface area contributed by atoms with Gasteiger partial charge >= 0.3 is 5.97 Å². The minimum absolute atomic E-state index is 0.171. The maximum atomic E-state index is 11.9. The molecule has 0 radical (unpaired) electrons. The summed E-state index contributed by atoms with van der Waals surface area (Å²) >= 11 is 1.21. The number of carbonyl (C=O) groups excluding carboxylic acids is 1. The van der Waals surface area contributed by atoms with Gasteiger partial charge in [0.15, 0.2) is 5.82 Å². The summed E-state index contributed by atoms with van der Waals surface area (Å²) in [7, 11) is 4.18. The molecule has 1 aliphatic carbocycles. The third-order valence-electron chi connectivity index (χ3n) is 4.01. The van der Waals surface area contributed by atoms with Crippen molar-refractivity contribution in [3.05, 3.63) is 5.56 Å². The Kier molecular flexibility index (Phi) is 4.49. The molecule has 3 N–H and O–H groups in total. The Bertz CT molecular complexity index is 483. The van der Waals surface area contributed by atoms with Crippen LogP contribution in [0, 0.1) is 0 Å². The van der Waals surface area contributed by atoms with E-state index < -0.39 is 5.97 Å². The van der Waals surface area contributed by atoms with Gasteiger partial charge in [-0.05, 0) is 51.8 Å². The molecule has 0 atom stereocenters. The van der Waals surface area contributed by atoms with Crippen LogP contribution in [-0.2, 0) is 4.74 Å². The van der Waals surface area contributed by atoms with Crippen molar-refractivity contribution in [2.75, 3.05) is 38.3 Å². The Hall–Kier alpha value is -1.34. The molecule has 2 rings (SSSR count). The molecule has 1 aliphatic rings. The highest BCUT2D eigenvalue weighted by Crippen LogP contribution is 2.37. The number of nitrogens with zero attached hydrogens (tertiary/aromatic N) is 2. The van der Waals surface area contributed by atoms with E-state index in [1.165, 1.54) is 18.0 Å². The molecule has 0 aromatic carbocycles. The Balaban J connectivity index is 2.08. The normalized spacial score (nSPS) is 16.8. The van der Waals surface area contributed by atoms with E-state index >= 15 is 0 Å². The van der Waals surface area contributed by atoms with Gasteiger partial charge in [0.1, 0.15) is 10.6 Å². The van der Waals surface area contributed by atoms with Crippen molar-refractivity contribution < 1.29 is 9.53 Å². The summed E-state index contributed by atoms with van der Waals surface area (Å²) in [6.07, 6.45) is 3.57. The molecular weight excluding hydrogens is 276 g/mol. The van der Waals surface area contributed by atoms with Gasteiger partial charge in [-0.25, -0.2) is 4.79 Å². The third kappa shape index (κ3) is 2.73. The Morgan fingerprint density at radius 3 is 2.75 bits per heavy atom. The molecular formula is C13H22N4O2S. The number of anilines is 2. The number of ether oxygens (including phenoxy) is 1. The zero-order valence-corrected chi connectivity index (χ0v) is 13.0. The van der Waals surface area contributed by atoms with Crippen molar-refractivity contribution in [3.63, 3.8) is 0 Å². The van der Waals surface area contributed by atoms with Crippen molar-refractivity contribution in [1.29, 1.82) is 0 Å². The van der Waals surface area contributed by atoms with Crippen molar-refractivity contribution in [2.24, 2.45) is 0 Å². The smallest absolute Gasteiger partial charge is 0.344 e. The average Bonchev–Trinajstić information content (AvgIpc) is 2.69. The van der Waals surface area contributed by atoms with Crippen LogP contribution in [0.1, 0.15) is 36.5 Å². The molecule has 0 bridgehead atoms. The van der Waals surface area contributed by atoms with Crippen molar-refractivity contribution >= 4 is 28.3 Å². The third-order valence-corrected chi connectivity index (χ3v) is 4.83. The summed E-state index contributed by atoms with van der Waals surface area (Å²) in [5.74, 6) is -0.169. The molecule has 1 aromatic rings. The second kappa shape index (κ2) is 5.97. The van der Waals surface area contributed by atoms with Crippen LogP contribution in [0.3, 0.4) is 0 Å². The van der Waals surface area contributed by atoms with Gasteiger partial charge in [-0.15, -0.1) is 0 Å². The van der Waals surface area contributed by atoms with Gasteiger partial charge in [-0.1, -0.05) is 0 Å². The lowest BCUT2D eigenvalue weighted by Gasteiger charge is -2.47. The molecule has 1 saturated carbocycles. The minimum atomic E-state index is -0.409. The fraction of sp³-hybridized carbons (Fsp3) is 0.692. The first kappa shape index (κ1) is 15.1. The predicted molar refractivity (Wildman–Crippen MR) is 81.2 cm³/mol. The highest BCUT2D eigenvalue weighted by Gasteiger charge is 2.39. The van der Waals surface area contributed by atoms with E-state index in [0.29, 0.717) is 17.2 Å². The van der Waals surface area contributed by atoms with E-state index in [4.69, 9.17) is 10.5 Å². The van der Waals surface area contributed by atoms with Gasteiger partial charge < -0.3 is 20.7 Å². The summed E-state index contributed by atoms with van der Waals surface area (Å²) < 4.78 is 9.08. The fourth-order valence-corrected chi connectivity index (χ4v) is 3.13. The molecule has 0 unspecified atom stereocenters. The number of hydrogen-bond donors (Lipinski definition) is 2. The van der Waals surface area contributed by atoms with Crippen LogP contribution in [0.15, 0.2) is 0 Å². The quantitative estimate of drug-likeness (QED) is 0.780. The molecule has 1 fully saturated rings. The van der Waals surface area contributed by atoms with Gasteiger partial charge in [-0.2, -0.15) is 4.37 Å². The molecule has 0 aliphatic heterocycles. The van der Waals surface area contributed by atoms with Gasteiger partial charge in [0.05, 0.1) is 6.61 Å². The molecule has 20 heavy (non-hydrogen) atoms. The monoisotopic (exact) mass is 298 g/mol. The molecule has 0 spiro atoms. The largest absolute Gasteiger partial charge is 0.462 e. The number of nitrogens with two attached hydrogens (primary N) is 1. The maximum Gasteiger partial charge on any atom is 0.344 e. The molecule has 1 heterocycles. The van der Waals surface area contributed by atoms with E-state index in [1.807, 2.05) is 0 Å². The fourth-order valence-electron chi connectivity index (χ4n) is 2.44. The van der Waals surface area contributed by atoms with Crippen LogP contribution in [0.2, 0.25) is 0 Å². The van der Waals surface area contributed by atoms with E-state index in [9.17, 15) is 4.79 Å². The van der Waals surface area contributed by atoms with Gasteiger partial charge in [0.2, 0.25) is 0 Å². The summed E-state index contributed by atoms with van der Waals surface area (Å²) in [5, 5.41) is 4.03. The second-order valence-electron chi connectivity index (χ2n) is 5.32. The summed E-state index contributed by atoms with van der Waals surface area (Å²) in [6.45, 7) is 2.89.